The second-order valence-electron chi connectivity index (χ2n) is 6.05. The lowest BCUT2D eigenvalue weighted by Crippen LogP contribution is -2.44. The molecule has 128 valence electrons. The zero-order valence-corrected chi connectivity index (χ0v) is 14.0. The van der Waals surface area contributed by atoms with Gasteiger partial charge in [0.05, 0.1) is 11.8 Å². The van der Waals surface area contributed by atoms with Crippen LogP contribution >= 0.6 is 0 Å². The molecule has 7 heteroatoms. The average Bonchev–Trinajstić information content (AvgIpc) is 2.46. The van der Waals surface area contributed by atoms with E-state index in [1.165, 1.54) is 6.42 Å². The van der Waals surface area contributed by atoms with Crippen LogP contribution in [-0.2, 0) is 21.2 Å². The quantitative estimate of drug-likeness (QED) is 0.606. The van der Waals surface area contributed by atoms with E-state index in [4.69, 9.17) is 5.73 Å². The average molecular weight is 339 g/mol. The van der Waals surface area contributed by atoms with Gasteiger partial charge in [0.2, 0.25) is 15.9 Å². The Morgan fingerprint density at radius 1 is 1.26 bits per heavy atom. The van der Waals surface area contributed by atoms with E-state index in [2.05, 4.69) is 10.0 Å². The topological polar surface area (TPSA) is 101 Å². The first-order chi connectivity index (χ1) is 11.0. The summed E-state index contributed by atoms with van der Waals surface area (Å²) in [6.07, 6.45) is 3.79. The van der Waals surface area contributed by atoms with Crippen LogP contribution in [0.4, 0.5) is 0 Å². The Kier molecular flexibility index (Phi) is 6.56. The first-order valence-corrected chi connectivity index (χ1v) is 9.66. The molecule has 6 nitrogen and oxygen atoms in total. The Balaban J connectivity index is 1.66. The zero-order valence-electron chi connectivity index (χ0n) is 13.2. The lowest BCUT2D eigenvalue weighted by molar-refractivity contribution is -0.122. The van der Waals surface area contributed by atoms with Gasteiger partial charge in [-0.3, -0.25) is 4.79 Å². The Morgan fingerprint density at radius 2 is 1.96 bits per heavy atom. The molecule has 1 aromatic carbocycles. The van der Waals surface area contributed by atoms with E-state index in [-0.39, 0.29) is 18.2 Å². The smallest absolute Gasteiger partial charge is 0.237 e. The van der Waals surface area contributed by atoms with Crippen LogP contribution in [0.25, 0.3) is 0 Å². The predicted octanol–water partition coefficient (Wildman–Crippen LogP) is 0.392. The highest BCUT2D eigenvalue weighted by Gasteiger charge is 2.20. The highest BCUT2D eigenvalue weighted by atomic mass is 32.2. The molecular weight excluding hydrogens is 314 g/mol. The maximum Gasteiger partial charge on any atom is 0.237 e. The van der Waals surface area contributed by atoms with Crippen molar-refractivity contribution < 1.29 is 13.2 Å². The van der Waals surface area contributed by atoms with Gasteiger partial charge in [-0.2, -0.15) is 0 Å². The minimum Gasteiger partial charge on any atom is -0.354 e. The van der Waals surface area contributed by atoms with Crippen molar-refractivity contribution >= 4 is 15.9 Å². The Bertz CT molecular complexity index is 600. The number of carbonyl (C=O) groups is 1. The van der Waals surface area contributed by atoms with Gasteiger partial charge in [-0.15, -0.1) is 0 Å². The molecule has 1 amide bonds. The molecule has 0 aromatic heterocycles. The maximum atomic E-state index is 11.9. The van der Waals surface area contributed by atoms with Crippen molar-refractivity contribution in [3.8, 4) is 0 Å². The second kappa shape index (κ2) is 8.42. The number of hydrogen-bond donors (Lipinski definition) is 3. The number of sulfonamides is 1. The van der Waals surface area contributed by atoms with E-state index in [9.17, 15) is 13.2 Å². The molecule has 1 saturated carbocycles. The zero-order chi connectivity index (χ0) is 16.7. The van der Waals surface area contributed by atoms with E-state index < -0.39 is 16.1 Å². The van der Waals surface area contributed by atoms with Crippen LogP contribution in [0.1, 0.15) is 24.8 Å². The SMILES string of the molecule is N[C@@H](Cc1ccccc1)C(=O)NCCS(=O)(=O)NCC1CCC1. The molecule has 1 aliphatic rings. The fourth-order valence-corrected chi connectivity index (χ4v) is 3.42. The molecule has 0 radical (unpaired) electrons. The molecule has 1 aliphatic carbocycles. The van der Waals surface area contributed by atoms with Crippen molar-refractivity contribution in [3.63, 3.8) is 0 Å². The molecule has 1 aromatic rings. The van der Waals surface area contributed by atoms with Gasteiger partial charge in [0.15, 0.2) is 0 Å². The third kappa shape index (κ3) is 6.29. The summed E-state index contributed by atoms with van der Waals surface area (Å²) in [7, 11) is -3.34. The maximum absolute atomic E-state index is 11.9. The molecule has 0 spiro atoms. The van der Waals surface area contributed by atoms with Gasteiger partial charge in [0, 0.05) is 13.1 Å². The minimum atomic E-state index is -3.34. The van der Waals surface area contributed by atoms with Gasteiger partial charge in [0.25, 0.3) is 0 Å². The van der Waals surface area contributed by atoms with Gasteiger partial charge in [-0.25, -0.2) is 13.1 Å². The molecule has 0 heterocycles. The van der Waals surface area contributed by atoms with Crippen molar-refractivity contribution in [2.75, 3.05) is 18.8 Å². The molecular formula is C16H25N3O3S. The first kappa shape index (κ1) is 17.9. The van der Waals surface area contributed by atoms with Crippen LogP contribution in [0.3, 0.4) is 0 Å². The summed E-state index contributed by atoms with van der Waals surface area (Å²) in [5.74, 6) is 0.0190. The van der Waals surface area contributed by atoms with E-state index in [0.29, 0.717) is 18.9 Å². The van der Waals surface area contributed by atoms with E-state index >= 15 is 0 Å². The number of nitrogens with one attached hydrogen (secondary N) is 2. The predicted molar refractivity (Wildman–Crippen MR) is 90.3 cm³/mol. The first-order valence-electron chi connectivity index (χ1n) is 8.01. The van der Waals surface area contributed by atoms with Gasteiger partial charge in [0.1, 0.15) is 0 Å². The fourth-order valence-electron chi connectivity index (χ4n) is 2.41. The molecule has 4 N–H and O–H groups in total. The van der Waals surface area contributed by atoms with Gasteiger partial charge >= 0.3 is 0 Å². The monoisotopic (exact) mass is 339 g/mol. The van der Waals surface area contributed by atoms with Crippen molar-refractivity contribution in [1.82, 2.24) is 10.0 Å². The molecule has 2 rings (SSSR count). The summed E-state index contributed by atoms with van der Waals surface area (Å²) >= 11 is 0. The normalized spacial score (nSPS) is 16.6. The van der Waals surface area contributed by atoms with Gasteiger partial charge in [-0.1, -0.05) is 36.8 Å². The standard InChI is InChI=1S/C16H25N3O3S/c17-15(11-13-5-2-1-3-6-13)16(20)18-9-10-23(21,22)19-12-14-7-4-8-14/h1-3,5-6,14-15,19H,4,7-12,17H2,(H,18,20)/t15-/m0/s1. The summed E-state index contributed by atoms with van der Waals surface area (Å²) in [5.41, 5.74) is 6.82. The molecule has 0 unspecified atom stereocenters. The van der Waals surface area contributed by atoms with Crippen molar-refractivity contribution in [2.24, 2.45) is 11.7 Å². The molecule has 0 aliphatic heterocycles. The van der Waals surface area contributed by atoms with Crippen LogP contribution in [0.15, 0.2) is 30.3 Å². The van der Waals surface area contributed by atoms with Crippen LogP contribution < -0.4 is 15.8 Å². The second-order valence-corrected chi connectivity index (χ2v) is 7.98. The number of rotatable bonds is 9. The number of nitrogens with two attached hydrogens (primary N) is 1. The highest BCUT2D eigenvalue weighted by molar-refractivity contribution is 7.89. The third-order valence-corrected chi connectivity index (χ3v) is 5.47. The Morgan fingerprint density at radius 3 is 2.57 bits per heavy atom. The largest absolute Gasteiger partial charge is 0.354 e. The summed E-state index contributed by atoms with van der Waals surface area (Å²) < 4.78 is 26.2. The number of carbonyl (C=O) groups excluding carboxylic acids is 1. The van der Waals surface area contributed by atoms with Crippen molar-refractivity contribution in [3.05, 3.63) is 35.9 Å². The van der Waals surface area contributed by atoms with Crippen molar-refractivity contribution in [2.45, 2.75) is 31.7 Å². The summed E-state index contributed by atoms with van der Waals surface area (Å²) in [4.78, 5) is 11.9. The van der Waals surface area contributed by atoms with Crippen LogP contribution in [0, 0.1) is 5.92 Å². The fraction of sp³-hybridized carbons (Fsp3) is 0.562. The van der Waals surface area contributed by atoms with Crippen LogP contribution in [0.2, 0.25) is 0 Å². The number of benzene rings is 1. The van der Waals surface area contributed by atoms with Gasteiger partial charge in [-0.05, 0) is 30.7 Å². The van der Waals surface area contributed by atoms with Crippen LogP contribution in [-0.4, -0.2) is 39.2 Å². The molecule has 0 saturated heterocycles. The molecule has 1 atom stereocenters. The van der Waals surface area contributed by atoms with Crippen molar-refractivity contribution in [1.29, 1.82) is 0 Å². The van der Waals surface area contributed by atoms with E-state index in [0.717, 1.165) is 18.4 Å². The summed E-state index contributed by atoms with van der Waals surface area (Å²) in [6, 6.07) is 8.81. The molecule has 23 heavy (non-hydrogen) atoms. The minimum absolute atomic E-state index is 0.0708. The molecule has 0 bridgehead atoms. The van der Waals surface area contributed by atoms with E-state index in [1.807, 2.05) is 30.3 Å². The summed E-state index contributed by atoms with van der Waals surface area (Å²) in [6.45, 7) is 0.575. The lowest BCUT2D eigenvalue weighted by atomic mass is 9.86. The summed E-state index contributed by atoms with van der Waals surface area (Å²) in [5, 5.41) is 2.59. The van der Waals surface area contributed by atoms with E-state index in [1.54, 1.807) is 0 Å². The Labute approximate surface area is 137 Å². The molecule has 1 fully saturated rings. The third-order valence-electron chi connectivity index (χ3n) is 4.12. The number of hydrogen-bond acceptors (Lipinski definition) is 4. The Hall–Kier alpha value is -1.44. The highest BCUT2D eigenvalue weighted by Crippen LogP contribution is 2.25. The lowest BCUT2D eigenvalue weighted by Gasteiger charge is -2.25. The number of amides is 1. The van der Waals surface area contributed by atoms with Crippen LogP contribution in [0.5, 0.6) is 0 Å². The van der Waals surface area contributed by atoms with Gasteiger partial charge < -0.3 is 11.1 Å².